The highest BCUT2D eigenvalue weighted by atomic mass is 35.5. The number of para-hydroxylation sites is 1. The van der Waals surface area contributed by atoms with Crippen LogP contribution in [0.15, 0.2) is 24.3 Å². The van der Waals surface area contributed by atoms with Gasteiger partial charge >= 0.3 is 0 Å². The Bertz CT molecular complexity index is 652. The molecule has 4 rings (SSSR count). The monoisotopic (exact) mass is 377 g/mol. The first kappa shape index (κ1) is 19.2. The Morgan fingerprint density at radius 2 is 1.77 bits per heavy atom. The van der Waals surface area contributed by atoms with Crippen LogP contribution in [0.5, 0.6) is 0 Å². The average molecular weight is 378 g/mol. The summed E-state index contributed by atoms with van der Waals surface area (Å²) in [6, 6.07) is 8.06. The molecule has 2 fully saturated rings. The number of carbonyl (C=O) groups is 2. The van der Waals surface area contributed by atoms with Gasteiger partial charge in [-0.25, -0.2) is 0 Å². The van der Waals surface area contributed by atoms with E-state index in [1.165, 1.54) is 5.56 Å². The predicted octanol–water partition coefficient (Wildman–Crippen LogP) is 2.24. The molecule has 1 N–H and O–H groups in total. The number of anilines is 1. The smallest absolute Gasteiger partial charge is 0.227 e. The van der Waals surface area contributed by atoms with Crippen LogP contribution in [0.4, 0.5) is 5.69 Å². The zero-order valence-corrected chi connectivity index (χ0v) is 16.0. The zero-order chi connectivity index (χ0) is 17.2. The van der Waals surface area contributed by atoms with Gasteiger partial charge in [0.05, 0.1) is 0 Å². The Morgan fingerprint density at radius 1 is 1.08 bits per heavy atom. The van der Waals surface area contributed by atoms with Crippen molar-refractivity contribution in [2.24, 2.45) is 11.8 Å². The van der Waals surface area contributed by atoms with Gasteiger partial charge in [0.1, 0.15) is 0 Å². The Labute approximate surface area is 161 Å². The van der Waals surface area contributed by atoms with Crippen molar-refractivity contribution < 1.29 is 9.59 Å². The van der Waals surface area contributed by atoms with Crippen molar-refractivity contribution in [1.82, 2.24) is 10.2 Å². The van der Waals surface area contributed by atoms with Crippen molar-refractivity contribution in [2.75, 3.05) is 37.6 Å². The van der Waals surface area contributed by atoms with Crippen LogP contribution in [0, 0.1) is 11.8 Å². The molecule has 0 unspecified atom stereocenters. The topological polar surface area (TPSA) is 52.7 Å². The third-order valence-corrected chi connectivity index (χ3v) is 6.11. The number of amides is 2. The van der Waals surface area contributed by atoms with Gasteiger partial charge in [-0.15, -0.1) is 12.4 Å². The Hall–Kier alpha value is -1.59. The largest absolute Gasteiger partial charge is 0.343 e. The van der Waals surface area contributed by atoms with Crippen molar-refractivity contribution in [3.8, 4) is 0 Å². The molecule has 0 aliphatic carbocycles. The first-order valence-corrected chi connectivity index (χ1v) is 9.59. The average Bonchev–Trinajstić information content (AvgIpc) is 2.99. The molecule has 5 nitrogen and oxygen atoms in total. The number of carbonyl (C=O) groups excluding carboxylic acids is 2. The van der Waals surface area contributed by atoms with E-state index in [0.29, 0.717) is 19.4 Å². The maximum absolute atomic E-state index is 12.7. The zero-order valence-electron chi connectivity index (χ0n) is 15.2. The second kappa shape index (κ2) is 8.40. The Balaban J connectivity index is 0.00000196. The number of fused-ring (bicyclic) bond motifs is 2. The lowest BCUT2D eigenvalue weighted by molar-refractivity contribution is -0.131. The van der Waals surface area contributed by atoms with E-state index in [1.807, 2.05) is 28.0 Å². The highest BCUT2D eigenvalue weighted by molar-refractivity contribution is 5.97. The summed E-state index contributed by atoms with van der Waals surface area (Å²) >= 11 is 0. The first-order valence-electron chi connectivity index (χ1n) is 9.59. The summed E-state index contributed by atoms with van der Waals surface area (Å²) in [5.74, 6) is 1.80. The van der Waals surface area contributed by atoms with Crippen LogP contribution in [0.2, 0.25) is 0 Å². The van der Waals surface area contributed by atoms with Gasteiger partial charge < -0.3 is 15.1 Å². The molecule has 0 bridgehead atoms. The molecule has 0 saturated carbocycles. The second-order valence-corrected chi connectivity index (χ2v) is 7.56. The number of hydrogen-bond donors (Lipinski definition) is 1. The fourth-order valence-corrected chi connectivity index (χ4v) is 4.57. The van der Waals surface area contributed by atoms with Crippen LogP contribution in [0.25, 0.3) is 0 Å². The van der Waals surface area contributed by atoms with Gasteiger partial charge in [-0.3, -0.25) is 9.59 Å². The summed E-state index contributed by atoms with van der Waals surface area (Å²) in [6.45, 7) is 4.44. The number of likely N-dealkylation sites (tertiary alicyclic amines) is 1. The molecule has 3 aliphatic rings. The maximum atomic E-state index is 12.7. The van der Waals surface area contributed by atoms with E-state index in [4.69, 9.17) is 0 Å². The lowest BCUT2D eigenvalue weighted by atomic mass is 9.92. The molecular weight excluding hydrogens is 350 g/mol. The van der Waals surface area contributed by atoms with Gasteiger partial charge in [0.15, 0.2) is 0 Å². The fraction of sp³-hybridized carbons (Fsp3) is 0.600. The molecule has 3 heterocycles. The molecule has 1 aromatic rings. The van der Waals surface area contributed by atoms with Gasteiger partial charge in [-0.2, -0.15) is 0 Å². The van der Waals surface area contributed by atoms with Crippen LogP contribution in [-0.4, -0.2) is 49.4 Å². The van der Waals surface area contributed by atoms with Crippen molar-refractivity contribution in [1.29, 1.82) is 0 Å². The normalized spacial score (nSPS) is 25.2. The molecule has 0 aromatic heterocycles. The second-order valence-electron chi connectivity index (χ2n) is 7.56. The number of nitrogens with one attached hydrogen (secondary N) is 1. The minimum absolute atomic E-state index is 0. The molecule has 0 spiro atoms. The van der Waals surface area contributed by atoms with Crippen molar-refractivity contribution in [2.45, 2.75) is 32.1 Å². The van der Waals surface area contributed by atoms with E-state index in [9.17, 15) is 9.59 Å². The minimum Gasteiger partial charge on any atom is -0.343 e. The molecule has 2 saturated heterocycles. The summed E-state index contributed by atoms with van der Waals surface area (Å²) in [5.41, 5.74) is 2.20. The van der Waals surface area contributed by atoms with E-state index in [2.05, 4.69) is 11.4 Å². The summed E-state index contributed by atoms with van der Waals surface area (Å²) in [7, 11) is 0. The lowest BCUT2D eigenvalue weighted by Gasteiger charge is -2.30. The third-order valence-electron chi connectivity index (χ3n) is 6.11. The van der Waals surface area contributed by atoms with Crippen LogP contribution in [-0.2, 0) is 16.0 Å². The molecule has 6 heteroatoms. The number of halogens is 1. The molecule has 2 amide bonds. The number of rotatable bonds is 3. The van der Waals surface area contributed by atoms with E-state index in [0.717, 1.165) is 63.0 Å². The van der Waals surface area contributed by atoms with Gasteiger partial charge in [-0.05, 0) is 55.8 Å². The van der Waals surface area contributed by atoms with E-state index < -0.39 is 0 Å². The quantitative estimate of drug-likeness (QED) is 0.878. The molecule has 1 aromatic carbocycles. The van der Waals surface area contributed by atoms with Gasteiger partial charge in [0.25, 0.3) is 0 Å². The Morgan fingerprint density at radius 3 is 2.50 bits per heavy atom. The van der Waals surface area contributed by atoms with E-state index in [1.54, 1.807) is 0 Å². The highest BCUT2D eigenvalue weighted by Crippen LogP contribution is 2.29. The van der Waals surface area contributed by atoms with Crippen LogP contribution in [0.1, 0.15) is 31.2 Å². The van der Waals surface area contributed by atoms with Crippen LogP contribution >= 0.6 is 12.4 Å². The van der Waals surface area contributed by atoms with Gasteiger partial charge in [0, 0.05) is 38.2 Å². The maximum Gasteiger partial charge on any atom is 0.227 e. The van der Waals surface area contributed by atoms with Crippen LogP contribution in [0.3, 0.4) is 0 Å². The van der Waals surface area contributed by atoms with Gasteiger partial charge in [-0.1, -0.05) is 18.2 Å². The molecule has 2 atom stereocenters. The first-order chi connectivity index (χ1) is 12.2. The van der Waals surface area contributed by atoms with E-state index in [-0.39, 0.29) is 24.2 Å². The Kier molecular flexibility index (Phi) is 6.20. The third kappa shape index (κ3) is 3.89. The molecule has 26 heavy (non-hydrogen) atoms. The SMILES string of the molecule is Cl.O=C(CCN1C(=O)CCc2ccccc21)N1CC[C@@H]2CNC[C@@H]2CC1. The van der Waals surface area contributed by atoms with Crippen LogP contribution < -0.4 is 10.2 Å². The number of hydrogen-bond acceptors (Lipinski definition) is 3. The predicted molar refractivity (Wildman–Crippen MR) is 105 cm³/mol. The summed E-state index contributed by atoms with van der Waals surface area (Å²) < 4.78 is 0. The summed E-state index contributed by atoms with van der Waals surface area (Å²) in [6.07, 6.45) is 3.99. The molecular formula is C20H28ClN3O2. The summed E-state index contributed by atoms with van der Waals surface area (Å²) in [5, 5.41) is 3.47. The number of aryl methyl sites for hydroxylation is 1. The molecule has 0 radical (unpaired) electrons. The van der Waals surface area contributed by atoms with Crippen molar-refractivity contribution >= 4 is 29.9 Å². The molecule has 3 aliphatic heterocycles. The fourth-order valence-electron chi connectivity index (χ4n) is 4.57. The van der Waals surface area contributed by atoms with Gasteiger partial charge in [0.2, 0.25) is 11.8 Å². The van der Waals surface area contributed by atoms with Crippen molar-refractivity contribution in [3.63, 3.8) is 0 Å². The highest BCUT2D eigenvalue weighted by Gasteiger charge is 2.32. The summed E-state index contributed by atoms with van der Waals surface area (Å²) in [4.78, 5) is 28.9. The minimum atomic E-state index is 0. The standard InChI is InChI=1S/C20H27N3O2.ClH/c24-19(22-10-7-16-13-21-14-17(16)8-11-22)9-12-23-18-4-2-1-3-15(18)5-6-20(23)25;/h1-4,16-17,21H,5-14H2;1H/t16-,17+;. The number of benzene rings is 1. The van der Waals surface area contributed by atoms with E-state index >= 15 is 0 Å². The number of nitrogens with zero attached hydrogens (tertiary/aromatic N) is 2. The molecule has 142 valence electrons. The van der Waals surface area contributed by atoms with Crippen molar-refractivity contribution in [3.05, 3.63) is 29.8 Å². The lowest BCUT2D eigenvalue weighted by Crippen LogP contribution is -2.39.